The summed E-state index contributed by atoms with van der Waals surface area (Å²) in [7, 11) is 3.44. The van der Waals surface area contributed by atoms with Gasteiger partial charge in [0, 0.05) is 24.9 Å². The number of aryl methyl sites for hydroxylation is 1. The van der Waals surface area contributed by atoms with Crippen molar-refractivity contribution in [1.29, 1.82) is 0 Å². The van der Waals surface area contributed by atoms with E-state index in [0.29, 0.717) is 24.5 Å². The van der Waals surface area contributed by atoms with Gasteiger partial charge in [0.15, 0.2) is 11.5 Å². The van der Waals surface area contributed by atoms with E-state index in [1.165, 1.54) is 0 Å². The average molecular weight is 363 g/mol. The lowest BCUT2D eigenvalue weighted by atomic mass is 9.87. The minimum absolute atomic E-state index is 0.0144. The molecule has 138 valence electrons. The molecule has 6 nitrogen and oxygen atoms in total. The lowest BCUT2D eigenvalue weighted by Gasteiger charge is -2.24. The first-order valence-electron chi connectivity index (χ1n) is 8.82. The summed E-state index contributed by atoms with van der Waals surface area (Å²) in [6.45, 7) is 0.467. The van der Waals surface area contributed by atoms with Crippen molar-refractivity contribution in [3.05, 3.63) is 71.4 Å². The number of nitrogens with one attached hydrogen (secondary N) is 1. The minimum atomic E-state index is -0.0560. The maximum Gasteiger partial charge on any atom is 0.226 e. The van der Waals surface area contributed by atoms with Crippen LogP contribution in [0.4, 0.5) is 5.82 Å². The van der Waals surface area contributed by atoms with Gasteiger partial charge in [-0.05, 0) is 23.3 Å². The van der Waals surface area contributed by atoms with Gasteiger partial charge in [-0.3, -0.25) is 9.48 Å². The van der Waals surface area contributed by atoms with Gasteiger partial charge in [0.25, 0.3) is 0 Å². The van der Waals surface area contributed by atoms with E-state index < -0.39 is 0 Å². The molecule has 27 heavy (non-hydrogen) atoms. The number of amides is 1. The minimum Gasteiger partial charge on any atom is -0.493 e. The summed E-state index contributed by atoms with van der Waals surface area (Å²) in [6.07, 6.45) is 2.19. The zero-order valence-corrected chi connectivity index (χ0v) is 15.3. The van der Waals surface area contributed by atoms with Crippen LogP contribution in [0.5, 0.6) is 11.5 Å². The van der Waals surface area contributed by atoms with Crippen molar-refractivity contribution in [3.63, 3.8) is 0 Å². The van der Waals surface area contributed by atoms with Crippen LogP contribution in [-0.4, -0.2) is 22.8 Å². The predicted molar refractivity (Wildman–Crippen MR) is 102 cm³/mol. The summed E-state index contributed by atoms with van der Waals surface area (Å²) in [5.41, 5.74) is 3.10. The highest BCUT2D eigenvalue weighted by molar-refractivity contribution is 5.94. The quantitative estimate of drug-likeness (QED) is 0.754. The Kier molecular flexibility index (Phi) is 4.54. The first-order valence-corrected chi connectivity index (χ1v) is 8.82. The van der Waals surface area contributed by atoms with Crippen molar-refractivity contribution < 1.29 is 14.3 Å². The second-order valence-corrected chi connectivity index (χ2v) is 6.56. The van der Waals surface area contributed by atoms with Gasteiger partial charge < -0.3 is 14.8 Å². The number of fused-ring (bicyclic) bond motifs is 1. The summed E-state index contributed by atoms with van der Waals surface area (Å²) >= 11 is 0. The highest BCUT2D eigenvalue weighted by Gasteiger charge is 2.29. The van der Waals surface area contributed by atoms with Crippen molar-refractivity contribution in [1.82, 2.24) is 9.78 Å². The normalized spacial score (nSPS) is 15.8. The van der Waals surface area contributed by atoms with E-state index in [9.17, 15) is 4.79 Å². The monoisotopic (exact) mass is 363 g/mol. The number of carbonyl (C=O) groups excluding carboxylic acids is 1. The number of methoxy groups -OCH3 is 1. The van der Waals surface area contributed by atoms with Crippen LogP contribution < -0.4 is 14.8 Å². The molecule has 1 aromatic heterocycles. The zero-order valence-electron chi connectivity index (χ0n) is 15.3. The molecule has 0 bridgehead atoms. The van der Waals surface area contributed by atoms with E-state index in [1.807, 2.05) is 61.8 Å². The Labute approximate surface area is 157 Å². The van der Waals surface area contributed by atoms with Crippen molar-refractivity contribution in [3.8, 4) is 11.5 Å². The van der Waals surface area contributed by atoms with E-state index in [2.05, 4.69) is 10.4 Å². The Morgan fingerprint density at radius 1 is 1.19 bits per heavy atom. The van der Waals surface area contributed by atoms with Crippen molar-refractivity contribution in [2.45, 2.75) is 18.9 Å². The molecule has 1 amide bonds. The van der Waals surface area contributed by atoms with Gasteiger partial charge in [-0.1, -0.05) is 36.4 Å². The fourth-order valence-corrected chi connectivity index (χ4v) is 3.39. The fourth-order valence-electron chi connectivity index (χ4n) is 3.39. The number of anilines is 1. The molecular formula is C21H21N3O3. The second kappa shape index (κ2) is 7.15. The van der Waals surface area contributed by atoms with Gasteiger partial charge in [0.1, 0.15) is 12.4 Å². The molecule has 0 saturated carbocycles. The third-order valence-corrected chi connectivity index (χ3v) is 4.82. The number of hydrogen-bond donors (Lipinski definition) is 1. The highest BCUT2D eigenvalue weighted by atomic mass is 16.5. The number of benzene rings is 2. The summed E-state index contributed by atoms with van der Waals surface area (Å²) in [4.78, 5) is 12.1. The molecular weight excluding hydrogens is 342 g/mol. The third-order valence-electron chi connectivity index (χ3n) is 4.82. The maximum atomic E-state index is 12.1. The Morgan fingerprint density at radius 2 is 2.00 bits per heavy atom. The number of carbonyl (C=O) groups is 1. The van der Waals surface area contributed by atoms with Crippen LogP contribution in [0.3, 0.4) is 0 Å². The summed E-state index contributed by atoms with van der Waals surface area (Å²) in [5.74, 6) is 2.01. The first-order chi connectivity index (χ1) is 13.2. The molecule has 0 radical (unpaired) electrons. The van der Waals surface area contributed by atoms with Crippen molar-refractivity contribution >= 4 is 11.7 Å². The highest BCUT2D eigenvalue weighted by Crippen LogP contribution is 2.40. The number of hydrogen-bond acceptors (Lipinski definition) is 4. The number of ether oxygens (including phenoxy) is 2. The van der Waals surface area contributed by atoms with Crippen LogP contribution in [-0.2, 0) is 18.4 Å². The molecule has 1 aliphatic heterocycles. The van der Waals surface area contributed by atoms with Crippen molar-refractivity contribution in [2.24, 2.45) is 7.05 Å². The molecule has 1 unspecified atom stereocenters. The van der Waals surface area contributed by atoms with Gasteiger partial charge in [-0.2, -0.15) is 5.10 Å². The molecule has 2 aromatic carbocycles. The van der Waals surface area contributed by atoms with Crippen molar-refractivity contribution in [2.75, 3.05) is 12.4 Å². The molecule has 0 aliphatic carbocycles. The largest absolute Gasteiger partial charge is 0.493 e. The van der Waals surface area contributed by atoms with Crippen LogP contribution in [0.2, 0.25) is 0 Å². The van der Waals surface area contributed by atoms with E-state index in [-0.39, 0.29) is 11.8 Å². The second-order valence-electron chi connectivity index (χ2n) is 6.56. The molecule has 0 spiro atoms. The molecule has 1 atom stereocenters. The fraction of sp³-hybridized carbons (Fsp3) is 0.238. The molecule has 3 aromatic rings. The van der Waals surface area contributed by atoms with Gasteiger partial charge in [0.2, 0.25) is 5.91 Å². The molecule has 1 aliphatic rings. The number of rotatable bonds is 5. The third kappa shape index (κ3) is 3.38. The van der Waals surface area contributed by atoms with Gasteiger partial charge >= 0.3 is 0 Å². The number of nitrogens with zero attached hydrogens (tertiary/aromatic N) is 2. The molecule has 1 N–H and O–H groups in total. The Balaban J connectivity index is 1.61. The lowest BCUT2D eigenvalue weighted by Crippen LogP contribution is -2.24. The van der Waals surface area contributed by atoms with E-state index >= 15 is 0 Å². The lowest BCUT2D eigenvalue weighted by molar-refractivity contribution is -0.116. The number of aromatic nitrogens is 2. The van der Waals surface area contributed by atoms with Gasteiger partial charge in [-0.25, -0.2) is 0 Å². The smallest absolute Gasteiger partial charge is 0.226 e. The Hall–Kier alpha value is -3.28. The summed E-state index contributed by atoms with van der Waals surface area (Å²) in [6, 6.07) is 15.8. The summed E-state index contributed by atoms with van der Waals surface area (Å²) < 4.78 is 13.2. The summed E-state index contributed by atoms with van der Waals surface area (Å²) in [5, 5.41) is 7.17. The first kappa shape index (κ1) is 17.1. The molecule has 0 saturated heterocycles. The predicted octanol–water partition coefficient (Wildman–Crippen LogP) is 3.48. The van der Waals surface area contributed by atoms with E-state index in [1.54, 1.807) is 11.8 Å². The van der Waals surface area contributed by atoms with Crippen LogP contribution >= 0.6 is 0 Å². The molecule has 0 fully saturated rings. The SMILES string of the molecule is COc1cc(C2CC(=O)Nc3c2cnn3C)ccc1OCc1ccccc1. The van der Waals surface area contributed by atoms with Gasteiger partial charge in [0.05, 0.1) is 13.3 Å². The Bertz CT molecular complexity index is 966. The van der Waals surface area contributed by atoms with Crippen LogP contribution in [0.15, 0.2) is 54.7 Å². The van der Waals surface area contributed by atoms with Gasteiger partial charge in [-0.15, -0.1) is 0 Å². The van der Waals surface area contributed by atoms with E-state index in [0.717, 1.165) is 22.5 Å². The zero-order chi connectivity index (χ0) is 18.8. The maximum absolute atomic E-state index is 12.1. The van der Waals surface area contributed by atoms with E-state index in [4.69, 9.17) is 9.47 Å². The standard InChI is InChI=1S/C21H21N3O3/c1-24-21-17(12-22-24)16(11-20(25)23-21)15-8-9-18(19(10-15)26-2)27-13-14-6-4-3-5-7-14/h3-10,12,16H,11,13H2,1-2H3,(H,23,25). The Morgan fingerprint density at radius 3 is 2.78 bits per heavy atom. The molecule has 6 heteroatoms. The average Bonchev–Trinajstić information content (AvgIpc) is 3.07. The van der Waals surface area contributed by atoms with Crippen LogP contribution in [0, 0.1) is 0 Å². The topological polar surface area (TPSA) is 65.4 Å². The van der Waals surface area contributed by atoms with Crippen LogP contribution in [0.1, 0.15) is 29.0 Å². The molecule has 2 heterocycles. The van der Waals surface area contributed by atoms with Crippen LogP contribution in [0.25, 0.3) is 0 Å². The molecule has 4 rings (SSSR count).